The van der Waals surface area contributed by atoms with Gasteiger partial charge in [-0.15, -0.1) is 0 Å². The number of ether oxygens (including phenoxy) is 1. The second-order valence-electron chi connectivity index (χ2n) is 4.77. The average Bonchev–Trinajstić information content (AvgIpc) is 2.87. The molecule has 0 spiro atoms. The molecule has 2 aromatic carbocycles. The number of phenols is 1. The third-order valence-corrected chi connectivity index (χ3v) is 4.03. The maximum atomic E-state index is 12.0. The summed E-state index contributed by atoms with van der Waals surface area (Å²) in [6.45, 7) is 0. The van der Waals surface area contributed by atoms with E-state index in [1.54, 1.807) is 31.4 Å². The molecule has 5 nitrogen and oxygen atoms in total. The van der Waals surface area contributed by atoms with Crippen molar-refractivity contribution in [3.63, 3.8) is 0 Å². The van der Waals surface area contributed by atoms with Gasteiger partial charge in [-0.05, 0) is 47.7 Å². The Kier molecular flexibility index (Phi) is 4.34. The summed E-state index contributed by atoms with van der Waals surface area (Å²) in [5, 5.41) is 12.6. The molecule has 116 valence electrons. The highest BCUT2D eigenvalue weighted by Gasteiger charge is 2.23. The van der Waals surface area contributed by atoms with Crippen LogP contribution >= 0.6 is 11.8 Å². The second-order valence-corrected chi connectivity index (χ2v) is 5.81. The number of aromatic hydroxyl groups is 1. The maximum absolute atomic E-state index is 12.0. The normalized spacial score (nSPS) is 17.5. The van der Waals surface area contributed by atoms with E-state index in [-0.39, 0.29) is 11.7 Å². The summed E-state index contributed by atoms with van der Waals surface area (Å²) in [5.74, 6) is 0.710. The maximum Gasteiger partial charge on any atom is 0.264 e. The largest absolute Gasteiger partial charge is 0.508 e. The Hall–Kier alpha value is -2.73. The number of rotatable bonds is 3. The first-order chi connectivity index (χ1) is 11.1. The Balaban J connectivity index is 1.80. The van der Waals surface area contributed by atoms with E-state index in [2.05, 4.69) is 10.3 Å². The minimum atomic E-state index is -0.190. The van der Waals surface area contributed by atoms with Gasteiger partial charge in [-0.25, -0.2) is 4.99 Å². The van der Waals surface area contributed by atoms with Crippen LogP contribution in [0.3, 0.4) is 0 Å². The SMILES string of the molecule is COc1ccc(C=C2SC(=Nc3cccc(O)c3)NC2=O)cc1. The van der Waals surface area contributed by atoms with Gasteiger partial charge in [0.05, 0.1) is 17.7 Å². The van der Waals surface area contributed by atoms with Crippen molar-refractivity contribution in [1.82, 2.24) is 5.32 Å². The molecule has 0 saturated carbocycles. The molecule has 1 amide bonds. The van der Waals surface area contributed by atoms with Crippen molar-refractivity contribution in [1.29, 1.82) is 0 Å². The van der Waals surface area contributed by atoms with Crippen molar-refractivity contribution >= 4 is 34.6 Å². The van der Waals surface area contributed by atoms with Crippen molar-refractivity contribution in [3.8, 4) is 11.5 Å². The summed E-state index contributed by atoms with van der Waals surface area (Å²) in [6, 6.07) is 14.0. The molecule has 0 unspecified atom stereocenters. The Morgan fingerprint density at radius 2 is 2.00 bits per heavy atom. The first-order valence-corrected chi connectivity index (χ1v) is 7.68. The fraction of sp³-hybridized carbons (Fsp3) is 0.0588. The van der Waals surface area contributed by atoms with Crippen LogP contribution in [0.2, 0.25) is 0 Å². The zero-order chi connectivity index (χ0) is 16.2. The lowest BCUT2D eigenvalue weighted by Crippen LogP contribution is -2.19. The van der Waals surface area contributed by atoms with Gasteiger partial charge in [0.25, 0.3) is 5.91 Å². The van der Waals surface area contributed by atoms with E-state index < -0.39 is 0 Å². The molecule has 3 rings (SSSR count). The van der Waals surface area contributed by atoms with Crippen LogP contribution in [0.5, 0.6) is 11.5 Å². The van der Waals surface area contributed by atoms with E-state index in [1.165, 1.54) is 17.8 Å². The highest BCUT2D eigenvalue weighted by molar-refractivity contribution is 8.18. The molecule has 23 heavy (non-hydrogen) atoms. The molecule has 1 aliphatic rings. The number of nitrogens with zero attached hydrogens (tertiary/aromatic N) is 1. The molecule has 1 saturated heterocycles. The molecule has 0 aliphatic carbocycles. The number of aliphatic imine (C=N–C) groups is 1. The van der Waals surface area contributed by atoms with Crippen molar-refractivity contribution in [2.45, 2.75) is 0 Å². The number of amidine groups is 1. The van der Waals surface area contributed by atoms with E-state index in [0.29, 0.717) is 15.8 Å². The van der Waals surface area contributed by atoms with Gasteiger partial charge in [-0.2, -0.15) is 0 Å². The van der Waals surface area contributed by atoms with E-state index in [9.17, 15) is 9.90 Å². The number of methoxy groups -OCH3 is 1. The summed E-state index contributed by atoms with van der Waals surface area (Å²) < 4.78 is 5.11. The molecular weight excluding hydrogens is 312 g/mol. The average molecular weight is 326 g/mol. The third-order valence-electron chi connectivity index (χ3n) is 3.12. The lowest BCUT2D eigenvalue weighted by atomic mass is 10.2. The number of phenolic OH excluding ortho intramolecular Hbond substituents is 1. The molecule has 1 aliphatic heterocycles. The van der Waals surface area contributed by atoms with Gasteiger partial charge in [0.1, 0.15) is 11.5 Å². The van der Waals surface area contributed by atoms with Gasteiger partial charge >= 0.3 is 0 Å². The predicted octanol–water partition coefficient (Wildman–Crippen LogP) is 3.29. The lowest BCUT2D eigenvalue weighted by molar-refractivity contribution is -0.115. The Labute approximate surface area is 137 Å². The topological polar surface area (TPSA) is 70.9 Å². The van der Waals surface area contributed by atoms with Crippen LogP contribution in [0, 0.1) is 0 Å². The quantitative estimate of drug-likeness (QED) is 0.849. The van der Waals surface area contributed by atoms with Gasteiger partial charge in [0.15, 0.2) is 5.17 Å². The summed E-state index contributed by atoms with van der Waals surface area (Å²) in [6.07, 6.45) is 1.80. The highest BCUT2D eigenvalue weighted by atomic mass is 32.2. The van der Waals surface area contributed by atoms with Gasteiger partial charge < -0.3 is 15.2 Å². The minimum absolute atomic E-state index is 0.134. The summed E-state index contributed by atoms with van der Waals surface area (Å²) in [4.78, 5) is 16.9. The smallest absolute Gasteiger partial charge is 0.264 e. The van der Waals surface area contributed by atoms with E-state index in [1.807, 2.05) is 24.3 Å². The third kappa shape index (κ3) is 3.73. The Morgan fingerprint density at radius 1 is 1.22 bits per heavy atom. The van der Waals surface area contributed by atoms with E-state index >= 15 is 0 Å². The van der Waals surface area contributed by atoms with Crippen LogP contribution in [0.25, 0.3) is 6.08 Å². The minimum Gasteiger partial charge on any atom is -0.508 e. The number of carbonyl (C=O) groups excluding carboxylic acids is 1. The molecule has 1 fully saturated rings. The number of hydrogen-bond acceptors (Lipinski definition) is 5. The number of amides is 1. The van der Waals surface area contributed by atoms with Crippen LogP contribution in [0.4, 0.5) is 5.69 Å². The summed E-state index contributed by atoms with van der Waals surface area (Å²) in [5.41, 5.74) is 1.49. The van der Waals surface area contributed by atoms with Gasteiger partial charge in [-0.1, -0.05) is 18.2 Å². The van der Waals surface area contributed by atoms with Gasteiger partial charge in [0, 0.05) is 6.07 Å². The molecule has 0 aromatic heterocycles. The summed E-state index contributed by atoms with van der Waals surface area (Å²) >= 11 is 1.26. The van der Waals surface area contributed by atoms with Crippen LogP contribution in [-0.4, -0.2) is 23.3 Å². The van der Waals surface area contributed by atoms with Crippen molar-refractivity contribution in [3.05, 3.63) is 59.0 Å². The summed E-state index contributed by atoms with van der Waals surface area (Å²) in [7, 11) is 1.61. The van der Waals surface area contributed by atoms with Gasteiger partial charge in [0.2, 0.25) is 0 Å². The Morgan fingerprint density at radius 3 is 2.70 bits per heavy atom. The number of benzene rings is 2. The number of nitrogens with one attached hydrogen (secondary N) is 1. The standard InChI is InChI=1S/C17H14N2O3S/c1-22-14-7-5-11(6-8-14)9-15-16(21)19-17(23-15)18-12-3-2-4-13(20)10-12/h2-10,20H,1H3,(H,18,19,21). The Bertz CT molecular complexity index is 798. The molecule has 0 radical (unpaired) electrons. The second kappa shape index (κ2) is 6.58. The monoisotopic (exact) mass is 326 g/mol. The fourth-order valence-electron chi connectivity index (χ4n) is 2.01. The number of thioether (sulfide) groups is 1. The van der Waals surface area contributed by atoms with E-state index in [4.69, 9.17) is 4.74 Å². The molecule has 6 heteroatoms. The van der Waals surface area contributed by atoms with Crippen molar-refractivity contribution in [2.24, 2.45) is 4.99 Å². The lowest BCUT2D eigenvalue weighted by Gasteiger charge is -1.99. The van der Waals surface area contributed by atoms with Gasteiger partial charge in [-0.3, -0.25) is 4.79 Å². The molecule has 2 aromatic rings. The highest BCUT2D eigenvalue weighted by Crippen LogP contribution is 2.29. The molecule has 2 N–H and O–H groups in total. The number of carbonyl (C=O) groups is 1. The zero-order valence-corrected chi connectivity index (χ0v) is 13.1. The molecular formula is C17H14N2O3S. The van der Waals surface area contributed by atoms with Crippen LogP contribution in [0.15, 0.2) is 58.4 Å². The molecule has 1 heterocycles. The van der Waals surface area contributed by atoms with Crippen molar-refractivity contribution < 1.29 is 14.6 Å². The first kappa shape index (κ1) is 15.2. The van der Waals surface area contributed by atoms with Crippen LogP contribution in [0.1, 0.15) is 5.56 Å². The van der Waals surface area contributed by atoms with E-state index in [0.717, 1.165) is 11.3 Å². The van der Waals surface area contributed by atoms with Crippen LogP contribution in [-0.2, 0) is 4.79 Å². The molecule has 0 atom stereocenters. The zero-order valence-electron chi connectivity index (χ0n) is 12.3. The number of hydrogen-bond donors (Lipinski definition) is 2. The predicted molar refractivity (Wildman–Crippen MR) is 91.9 cm³/mol. The van der Waals surface area contributed by atoms with Crippen molar-refractivity contribution in [2.75, 3.05) is 7.11 Å². The first-order valence-electron chi connectivity index (χ1n) is 6.87. The molecule has 0 bridgehead atoms. The van der Waals surface area contributed by atoms with Crippen LogP contribution < -0.4 is 10.1 Å². The fourth-order valence-corrected chi connectivity index (χ4v) is 2.85.